The van der Waals surface area contributed by atoms with Crippen molar-refractivity contribution in [2.45, 2.75) is 57.2 Å². The van der Waals surface area contributed by atoms with Crippen LogP contribution in [0.1, 0.15) is 50.0 Å². The molecule has 0 unspecified atom stereocenters. The molecule has 1 fully saturated rings. The summed E-state index contributed by atoms with van der Waals surface area (Å²) >= 11 is 5.92. The third-order valence-electron chi connectivity index (χ3n) is 5.78. The minimum absolute atomic E-state index is 0.0267. The van der Waals surface area contributed by atoms with Crippen molar-refractivity contribution >= 4 is 28.3 Å². The first-order valence-corrected chi connectivity index (χ1v) is 12.8. The molecule has 0 saturated heterocycles. The monoisotopic (exact) mass is 465 g/mol. The van der Waals surface area contributed by atoms with E-state index in [2.05, 4.69) is 22.2 Å². The molecule has 1 amide bonds. The molecule has 0 aliphatic heterocycles. The van der Waals surface area contributed by atoms with E-state index in [1.807, 2.05) is 12.1 Å². The van der Waals surface area contributed by atoms with Crippen LogP contribution < -0.4 is 5.32 Å². The van der Waals surface area contributed by atoms with Gasteiger partial charge in [-0.15, -0.1) is 0 Å². The second-order valence-corrected chi connectivity index (χ2v) is 10.1. The number of halogens is 1. The summed E-state index contributed by atoms with van der Waals surface area (Å²) in [4.78, 5) is 19.0. The summed E-state index contributed by atoms with van der Waals surface area (Å²) in [5, 5.41) is 3.53. The van der Waals surface area contributed by atoms with Crippen LogP contribution in [0.15, 0.2) is 28.7 Å². The van der Waals surface area contributed by atoms with Gasteiger partial charge in [0.15, 0.2) is 0 Å². The average Bonchev–Trinajstić information content (AvgIpc) is 3.12. The van der Waals surface area contributed by atoms with Gasteiger partial charge < -0.3 is 14.6 Å². The number of carbonyl (C=O) groups excluding carboxylic acids is 1. The highest BCUT2D eigenvalue weighted by atomic mass is 35.5. The van der Waals surface area contributed by atoms with Crippen LogP contribution in [0.25, 0.3) is 11.5 Å². The Balaban J connectivity index is 1.39. The molecule has 8 heteroatoms. The second kappa shape index (κ2) is 11.8. The first kappa shape index (κ1) is 24.0. The van der Waals surface area contributed by atoms with E-state index in [9.17, 15) is 9.00 Å². The normalized spacial score (nSPS) is 15.9. The van der Waals surface area contributed by atoms with Crippen molar-refractivity contribution in [1.82, 2.24) is 15.2 Å². The van der Waals surface area contributed by atoms with Crippen molar-refractivity contribution in [1.29, 1.82) is 0 Å². The minimum atomic E-state index is -1.34. The first-order valence-electron chi connectivity index (χ1n) is 11.0. The zero-order valence-corrected chi connectivity index (χ0v) is 19.9. The zero-order valence-electron chi connectivity index (χ0n) is 18.4. The molecule has 0 spiro atoms. The van der Waals surface area contributed by atoms with Gasteiger partial charge >= 0.3 is 0 Å². The molecule has 1 N–H and O–H groups in total. The topological polar surface area (TPSA) is 75.4 Å². The maximum Gasteiger partial charge on any atom is 0.232 e. The molecule has 1 aromatic carbocycles. The third kappa shape index (κ3) is 7.44. The van der Waals surface area contributed by atoms with E-state index in [4.69, 9.17) is 16.0 Å². The van der Waals surface area contributed by atoms with E-state index >= 15 is 0 Å². The predicted molar refractivity (Wildman–Crippen MR) is 126 cm³/mol. The van der Waals surface area contributed by atoms with Gasteiger partial charge in [-0.3, -0.25) is 9.00 Å². The molecule has 3 rings (SSSR count). The fourth-order valence-electron chi connectivity index (χ4n) is 3.94. The lowest BCUT2D eigenvalue weighted by Crippen LogP contribution is -2.36. The SMILES string of the molecule is Cc1oc(-c2ccc(Cl)cc2)nc1C[S@](=O)CC(=O)NCCCN(C)C1CCCCC1. The Kier molecular flexibility index (Phi) is 9.11. The van der Waals surface area contributed by atoms with Crippen LogP contribution in [0.4, 0.5) is 0 Å². The third-order valence-corrected chi connectivity index (χ3v) is 7.21. The molecule has 31 heavy (non-hydrogen) atoms. The van der Waals surface area contributed by atoms with Crippen LogP contribution in [-0.2, 0) is 21.3 Å². The molecular weight excluding hydrogens is 434 g/mol. The lowest BCUT2D eigenvalue weighted by molar-refractivity contribution is -0.118. The lowest BCUT2D eigenvalue weighted by atomic mass is 9.94. The molecule has 1 heterocycles. The highest BCUT2D eigenvalue weighted by molar-refractivity contribution is 7.84. The molecule has 0 bridgehead atoms. The van der Waals surface area contributed by atoms with Crippen molar-refractivity contribution in [2.24, 2.45) is 0 Å². The summed E-state index contributed by atoms with van der Waals surface area (Å²) in [6, 6.07) is 7.87. The molecule has 6 nitrogen and oxygen atoms in total. The quantitative estimate of drug-likeness (QED) is 0.529. The molecular formula is C23H32ClN3O3S. The van der Waals surface area contributed by atoms with Gasteiger partial charge in [-0.05, 0) is 64.0 Å². The summed E-state index contributed by atoms with van der Waals surface area (Å²) in [5.74, 6) is 1.07. The molecule has 1 atom stereocenters. The van der Waals surface area contributed by atoms with E-state index in [1.54, 1.807) is 19.1 Å². The number of hydrogen-bond acceptors (Lipinski definition) is 5. The summed E-state index contributed by atoms with van der Waals surface area (Å²) in [6.45, 7) is 3.37. The van der Waals surface area contributed by atoms with E-state index in [0.717, 1.165) is 18.5 Å². The van der Waals surface area contributed by atoms with E-state index in [-0.39, 0.29) is 17.4 Å². The molecule has 1 aromatic heterocycles. The van der Waals surface area contributed by atoms with Crippen LogP contribution in [-0.4, -0.2) is 51.9 Å². The largest absolute Gasteiger partial charge is 0.441 e. The number of hydrogen-bond donors (Lipinski definition) is 1. The Morgan fingerprint density at radius 3 is 2.68 bits per heavy atom. The lowest BCUT2D eigenvalue weighted by Gasteiger charge is -2.31. The van der Waals surface area contributed by atoms with Gasteiger partial charge in [0.2, 0.25) is 11.8 Å². The molecule has 1 saturated carbocycles. The molecule has 170 valence electrons. The van der Waals surface area contributed by atoms with Crippen molar-refractivity contribution in [2.75, 3.05) is 25.9 Å². The maximum atomic E-state index is 12.5. The van der Waals surface area contributed by atoms with E-state index < -0.39 is 10.8 Å². The van der Waals surface area contributed by atoms with E-state index in [1.165, 1.54) is 32.1 Å². The number of aryl methyl sites for hydroxylation is 1. The Hall–Kier alpha value is -1.70. The number of rotatable bonds is 10. The van der Waals surface area contributed by atoms with Gasteiger partial charge in [-0.2, -0.15) is 0 Å². The number of carbonyl (C=O) groups is 1. The first-order chi connectivity index (χ1) is 14.9. The minimum Gasteiger partial charge on any atom is -0.441 e. The summed E-state index contributed by atoms with van der Waals surface area (Å²) < 4.78 is 18.2. The number of benzene rings is 1. The van der Waals surface area contributed by atoms with Crippen LogP contribution in [0, 0.1) is 6.92 Å². The van der Waals surface area contributed by atoms with Gasteiger partial charge in [-0.1, -0.05) is 30.9 Å². The Morgan fingerprint density at radius 2 is 1.97 bits per heavy atom. The van der Waals surface area contributed by atoms with Gasteiger partial charge in [0.1, 0.15) is 11.5 Å². The fraction of sp³-hybridized carbons (Fsp3) is 0.565. The summed E-state index contributed by atoms with van der Waals surface area (Å²) in [6.07, 6.45) is 7.46. The highest BCUT2D eigenvalue weighted by Gasteiger charge is 2.18. The Bertz CT molecular complexity index is 879. The second-order valence-electron chi connectivity index (χ2n) is 8.23. The van der Waals surface area contributed by atoms with Crippen molar-refractivity contribution in [3.8, 4) is 11.5 Å². The molecule has 0 radical (unpaired) electrons. The van der Waals surface area contributed by atoms with Gasteiger partial charge in [0.25, 0.3) is 0 Å². The van der Waals surface area contributed by atoms with Crippen molar-refractivity contribution in [3.63, 3.8) is 0 Å². The smallest absolute Gasteiger partial charge is 0.232 e. The zero-order chi connectivity index (χ0) is 22.2. The average molecular weight is 466 g/mol. The standard InChI is InChI=1S/C23H32ClN3O3S/c1-17-21(26-23(30-17)18-9-11-19(24)12-10-18)15-31(29)16-22(28)25-13-6-14-27(2)20-7-4-3-5-8-20/h9-12,20H,3-8,13-16H2,1-2H3,(H,25,28)/t31-/m0/s1. The number of oxazole rings is 1. The number of nitrogens with zero attached hydrogens (tertiary/aromatic N) is 2. The molecule has 1 aliphatic rings. The van der Waals surface area contributed by atoms with Crippen molar-refractivity contribution in [3.05, 3.63) is 40.7 Å². The Labute approximate surface area is 192 Å². The Morgan fingerprint density at radius 1 is 1.26 bits per heavy atom. The summed E-state index contributed by atoms with van der Waals surface area (Å²) in [5.41, 5.74) is 1.42. The van der Waals surface area contributed by atoms with Crippen LogP contribution in [0.2, 0.25) is 5.02 Å². The van der Waals surface area contributed by atoms with Gasteiger partial charge in [0.05, 0.1) is 11.4 Å². The van der Waals surface area contributed by atoms with Gasteiger partial charge in [-0.25, -0.2) is 4.98 Å². The number of amides is 1. The van der Waals surface area contributed by atoms with E-state index in [0.29, 0.717) is 35.0 Å². The van der Waals surface area contributed by atoms with Crippen LogP contribution >= 0.6 is 11.6 Å². The predicted octanol–water partition coefficient (Wildman–Crippen LogP) is 4.32. The van der Waals surface area contributed by atoms with Crippen molar-refractivity contribution < 1.29 is 13.4 Å². The molecule has 1 aliphatic carbocycles. The van der Waals surface area contributed by atoms with Gasteiger partial charge in [0, 0.05) is 34.0 Å². The maximum absolute atomic E-state index is 12.5. The fourth-order valence-corrected chi connectivity index (χ4v) is 5.13. The number of nitrogens with one attached hydrogen (secondary N) is 1. The summed E-state index contributed by atoms with van der Waals surface area (Å²) in [7, 11) is 0.830. The van der Waals surface area contributed by atoms with Crippen LogP contribution in [0.3, 0.4) is 0 Å². The van der Waals surface area contributed by atoms with Crippen LogP contribution in [0.5, 0.6) is 0 Å². The number of aromatic nitrogens is 1. The highest BCUT2D eigenvalue weighted by Crippen LogP contribution is 2.24. The molecule has 2 aromatic rings.